The molecule has 25 heavy (non-hydrogen) atoms. The first-order valence-electron chi connectivity index (χ1n) is 8.33. The average Bonchev–Trinajstić information content (AvgIpc) is 3.10. The fourth-order valence-corrected chi connectivity index (χ4v) is 3.25. The van der Waals surface area contributed by atoms with Crippen molar-refractivity contribution in [2.24, 2.45) is 5.73 Å². The second kappa shape index (κ2) is 6.95. The van der Waals surface area contributed by atoms with E-state index in [-0.39, 0.29) is 0 Å². The van der Waals surface area contributed by atoms with E-state index in [4.69, 9.17) is 26.7 Å². The summed E-state index contributed by atoms with van der Waals surface area (Å²) in [5.74, 6) is 1.86. The molecule has 7 nitrogen and oxygen atoms in total. The molecule has 130 valence electrons. The van der Waals surface area contributed by atoms with Crippen LogP contribution in [0.25, 0.3) is 22.4 Å². The van der Waals surface area contributed by atoms with Crippen LogP contribution in [0, 0.1) is 0 Å². The Morgan fingerprint density at radius 3 is 2.84 bits per heavy atom. The summed E-state index contributed by atoms with van der Waals surface area (Å²) in [4.78, 5) is 6.96. The molecule has 3 N–H and O–H groups in total. The van der Waals surface area contributed by atoms with Gasteiger partial charge in [-0.1, -0.05) is 11.6 Å². The number of rotatable bonds is 4. The van der Waals surface area contributed by atoms with Crippen LogP contribution in [0.3, 0.4) is 0 Å². The predicted octanol–water partition coefficient (Wildman–Crippen LogP) is 1.85. The van der Waals surface area contributed by atoms with Crippen molar-refractivity contribution >= 4 is 28.3 Å². The molecule has 1 fully saturated rings. The van der Waals surface area contributed by atoms with Crippen LogP contribution in [0.1, 0.15) is 5.89 Å². The first-order chi connectivity index (χ1) is 12.2. The van der Waals surface area contributed by atoms with Gasteiger partial charge in [0.25, 0.3) is 0 Å². The molecule has 2 aromatic heterocycles. The highest BCUT2D eigenvalue weighted by atomic mass is 35.5. The van der Waals surface area contributed by atoms with Gasteiger partial charge in [-0.2, -0.15) is 0 Å². The Labute approximate surface area is 150 Å². The maximum absolute atomic E-state index is 6.49. The van der Waals surface area contributed by atoms with Crippen LogP contribution >= 0.6 is 11.6 Å². The van der Waals surface area contributed by atoms with Crippen molar-refractivity contribution in [2.75, 3.05) is 37.6 Å². The van der Waals surface area contributed by atoms with Crippen molar-refractivity contribution in [1.29, 1.82) is 0 Å². The smallest absolute Gasteiger partial charge is 0.247 e. The molecule has 0 amide bonds. The molecule has 0 unspecified atom stereocenters. The largest absolute Gasteiger partial charge is 0.421 e. The molecule has 3 heterocycles. The fourth-order valence-electron chi connectivity index (χ4n) is 2.97. The standard InChI is InChI=1S/C17H19ClN6O/c18-13-10-12-9-11(17-23-22-15(25-17)3-4-19)1-2-14(12)21-16(13)24-7-5-20-6-8-24/h1-2,9-10,20H,3-8,19H2. The van der Waals surface area contributed by atoms with E-state index in [1.807, 2.05) is 24.3 Å². The van der Waals surface area contributed by atoms with E-state index in [0.717, 1.165) is 48.5 Å². The number of piperazine rings is 1. The van der Waals surface area contributed by atoms with Crippen molar-refractivity contribution in [3.63, 3.8) is 0 Å². The van der Waals surface area contributed by atoms with E-state index in [9.17, 15) is 0 Å². The van der Waals surface area contributed by atoms with Crippen LogP contribution in [0.5, 0.6) is 0 Å². The van der Waals surface area contributed by atoms with Gasteiger partial charge in [-0.3, -0.25) is 0 Å². The van der Waals surface area contributed by atoms with Gasteiger partial charge in [-0.05, 0) is 24.3 Å². The summed E-state index contributed by atoms with van der Waals surface area (Å²) in [6.07, 6.45) is 0.571. The molecule has 1 saturated heterocycles. The summed E-state index contributed by atoms with van der Waals surface area (Å²) >= 11 is 6.49. The number of anilines is 1. The van der Waals surface area contributed by atoms with E-state index in [0.29, 0.717) is 29.8 Å². The van der Waals surface area contributed by atoms with Crippen LogP contribution in [0.15, 0.2) is 28.7 Å². The summed E-state index contributed by atoms with van der Waals surface area (Å²) in [6, 6.07) is 7.81. The van der Waals surface area contributed by atoms with Gasteiger partial charge in [-0.15, -0.1) is 10.2 Å². The van der Waals surface area contributed by atoms with Gasteiger partial charge < -0.3 is 20.4 Å². The highest BCUT2D eigenvalue weighted by molar-refractivity contribution is 6.33. The molecule has 8 heteroatoms. The van der Waals surface area contributed by atoms with Crippen LogP contribution in [0.2, 0.25) is 5.02 Å². The van der Waals surface area contributed by atoms with Crippen molar-refractivity contribution < 1.29 is 4.42 Å². The molecule has 3 aromatic rings. The van der Waals surface area contributed by atoms with Crippen molar-refractivity contribution in [1.82, 2.24) is 20.5 Å². The Morgan fingerprint density at radius 2 is 2.04 bits per heavy atom. The molecule has 0 saturated carbocycles. The van der Waals surface area contributed by atoms with Crippen LogP contribution in [-0.4, -0.2) is 47.9 Å². The normalized spacial score (nSPS) is 15.0. The lowest BCUT2D eigenvalue weighted by Crippen LogP contribution is -2.44. The number of halogens is 1. The van der Waals surface area contributed by atoms with Gasteiger partial charge in [0.05, 0.1) is 10.5 Å². The van der Waals surface area contributed by atoms with E-state index in [1.54, 1.807) is 0 Å². The minimum atomic E-state index is 0.479. The second-order valence-electron chi connectivity index (χ2n) is 5.98. The maximum Gasteiger partial charge on any atom is 0.247 e. The van der Waals surface area contributed by atoms with Gasteiger partial charge in [0, 0.05) is 50.1 Å². The predicted molar refractivity (Wildman–Crippen MR) is 97.9 cm³/mol. The van der Waals surface area contributed by atoms with E-state index >= 15 is 0 Å². The van der Waals surface area contributed by atoms with Gasteiger partial charge in [0.2, 0.25) is 11.8 Å². The number of hydrogen-bond acceptors (Lipinski definition) is 7. The number of pyridine rings is 1. The molecule has 4 rings (SSSR count). The Hall–Kier alpha value is -2.22. The summed E-state index contributed by atoms with van der Waals surface area (Å²) in [7, 11) is 0. The van der Waals surface area contributed by atoms with Gasteiger partial charge >= 0.3 is 0 Å². The number of hydrogen-bond donors (Lipinski definition) is 2. The monoisotopic (exact) mass is 358 g/mol. The zero-order valence-corrected chi connectivity index (χ0v) is 14.5. The third kappa shape index (κ3) is 3.30. The Kier molecular flexibility index (Phi) is 4.52. The lowest BCUT2D eigenvalue weighted by molar-refractivity contribution is 0.507. The quantitative estimate of drug-likeness (QED) is 0.735. The summed E-state index contributed by atoms with van der Waals surface area (Å²) in [5.41, 5.74) is 7.25. The van der Waals surface area contributed by atoms with Crippen molar-refractivity contribution in [2.45, 2.75) is 6.42 Å². The maximum atomic E-state index is 6.49. The SMILES string of the molecule is NCCc1nnc(-c2ccc3nc(N4CCNCC4)c(Cl)cc3c2)o1. The first-order valence-corrected chi connectivity index (χ1v) is 8.71. The summed E-state index contributed by atoms with van der Waals surface area (Å²) in [6.45, 7) is 4.17. The Balaban J connectivity index is 1.68. The molecule has 1 aliphatic rings. The fraction of sp³-hybridized carbons (Fsp3) is 0.353. The molecule has 0 radical (unpaired) electrons. The second-order valence-corrected chi connectivity index (χ2v) is 6.39. The number of nitrogens with two attached hydrogens (primary N) is 1. The molecule has 1 aromatic carbocycles. The van der Waals surface area contributed by atoms with Gasteiger partial charge in [0.15, 0.2) is 0 Å². The molecule has 0 bridgehead atoms. The highest BCUT2D eigenvalue weighted by Gasteiger charge is 2.16. The Bertz CT molecular complexity index is 890. The molecular weight excluding hydrogens is 340 g/mol. The van der Waals surface area contributed by atoms with Crippen LogP contribution in [0.4, 0.5) is 5.82 Å². The number of nitrogens with one attached hydrogen (secondary N) is 1. The van der Waals surface area contributed by atoms with Gasteiger partial charge in [0.1, 0.15) is 5.82 Å². The third-order valence-corrected chi connectivity index (χ3v) is 4.52. The molecule has 0 atom stereocenters. The Morgan fingerprint density at radius 1 is 1.20 bits per heavy atom. The zero-order chi connectivity index (χ0) is 17.2. The summed E-state index contributed by atoms with van der Waals surface area (Å²) in [5, 5.41) is 13.0. The highest BCUT2D eigenvalue weighted by Crippen LogP contribution is 2.30. The van der Waals surface area contributed by atoms with Crippen molar-refractivity contribution in [3.05, 3.63) is 35.2 Å². The lowest BCUT2D eigenvalue weighted by atomic mass is 10.1. The van der Waals surface area contributed by atoms with Gasteiger partial charge in [-0.25, -0.2) is 4.98 Å². The average molecular weight is 359 g/mol. The number of aromatic nitrogens is 3. The minimum absolute atomic E-state index is 0.479. The summed E-state index contributed by atoms with van der Waals surface area (Å²) < 4.78 is 5.64. The molecule has 0 aliphatic carbocycles. The van der Waals surface area contributed by atoms with E-state index < -0.39 is 0 Å². The lowest BCUT2D eigenvalue weighted by Gasteiger charge is -2.29. The van der Waals surface area contributed by atoms with E-state index in [2.05, 4.69) is 20.4 Å². The minimum Gasteiger partial charge on any atom is -0.421 e. The zero-order valence-electron chi connectivity index (χ0n) is 13.7. The molecular formula is C17H19ClN6O. The number of nitrogens with zero attached hydrogens (tertiary/aromatic N) is 4. The van der Waals surface area contributed by atoms with Crippen LogP contribution in [-0.2, 0) is 6.42 Å². The number of fused-ring (bicyclic) bond motifs is 1. The van der Waals surface area contributed by atoms with Crippen LogP contribution < -0.4 is 16.0 Å². The third-order valence-electron chi connectivity index (χ3n) is 4.24. The van der Waals surface area contributed by atoms with Crippen molar-refractivity contribution in [3.8, 4) is 11.5 Å². The number of benzene rings is 1. The first kappa shape index (κ1) is 16.3. The topological polar surface area (TPSA) is 93.1 Å². The molecule has 0 spiro atoms. The van der Waals surface area contributed by atoms with E-state index in [1.165, 1.54) is 0 Å². The molecule has 1 aliphatic heterocycles.